The third-order valence-electron chi connectivity index (χ3n) is 4.01. The van der Waals surface area contributed by atoms with Crippen LogP contribution in [0.2, 0.25) is 0 Å². The molecule has 0 aliphatic rings. The molecule has 10 heteroatoms. The number of methoxy groups -OCH3 is 1. The minimum absolute atomic E-state index is 0.128. The van der Waals surface area contributed by atoms with Gasteiger partial charge in [0.05, 0.1) is 12.0 Å². The van der Waals surface area contributed by atoms with E-state index in [0.29, 0.717) is 16.7 Å². The first-order valence-corrected chi connectivity index (χ1v) is 9.33. The minimum atomic E-state index is -4.16. The number of fused-ring (bicyclic) bond motifs is 1. The number of carboxylic acid groups (broad SMARTS) is 1. The number of aryl methyl sites for hydroxylation is 1. The molecule has 9 nitrogen and oxygen atoms in total. The molecule has 28 heavy (non-hydrogen) atoms. The van der Waals surface area contributed by atoms with Crippen molar-refractivity contribution in [2.45, 2.75) is 11.8 Å². The van der Waals surface area contributed by atoms with Crippen molar-refractivity contribution in [1.82, 2.24) is 0 Å². The van der Waals surface area contributed by atoms with Gasteiger partial charge in [-0.05, 0) is 43.3 Å². The summed E-state index contributed by atoms with van der Waals surface area (Å²) in [6.07, 6.45) is 0. The molecule has 0 bridgehead atoms. The van der Waals surface area contributed by atoms with E-state index in [1.165, 1.54) is 25.3 Å². The molecule has 0 aliphatic carbocycles. The Hall–Kier alpha value is -3.53. The quantitative estimate of drug-likeness (QED) is 0.550. The van der Waals surface area contributed by atoms with E-state index in [-0.39, 0.29) is 16.1 Å². The van der Waals surface area contributed by atoms with Crippen molar-refractivity contribution in [3.05, 3.63) is 53.3 Å². The van der Waals surface area contributed by atoms with Crippen molar-refractivity contribution in [2.75, 3.05) is 11.8 Å². The summed E-state index contributed by atoms with van der Waals surface area (Å²) >= 11 is 0. The smallest absolute Gasteiger partial charge is 0.342 e. The highest BCUT2D eigenvalue weighted by Gasteiger charge is 2.22. The molecular weight excluding hydrogens is 390 g/mol. The minimum Gasteiger partial charge on any atom is -0.507 e. The Morgan fingerprint density at radius 2 is 1.86 bits per heavy atom. The van der Waals surface area contributed by atoms with Gasteiger partial charge >= 0.3 is 11.9 Å². The molecule has 0 fully saturated rings. The molecule has 0 aliphatic heterocycles. The van der Waals surface area contributed by atoms with Crippen LogP contribution in [0, 0.1) is 6.92 Å². The number of ether oxygens (including phenoxy) is 1. The van der Waals surface area contributed by atoms with E-state index in [0.717, 1.165) is 18.2 Å². The topological polar surface area (TPSA) is 143 Å². The number of carbonyl (C=O) groups excluding carboxylic acids is 1. The second-order valence-corrected chi connectivity index (χ2v) is 7.51. The Bertz CT molecular complexity index is 1210. The maximum absolute atomic E-state index is 12.6. The molecular formula is C18H15NO8S. The maximum atomic E-state index is 12.6. The van der Waals surface area contributed by atoms with Crippen LogP contribution in [0.25, 0.3) is 11.0 Å². The van der Waals surface area contributed by atoms with Crippen LogP contribution >= 0.6 is 0 Å². The van der Waals surface area contributed by atoms with Crippen molar-refractivity contribution < 1.29 is 37.4 Å². The number of aromatic carboxylic acids is 1. The fraction of sp³-hybridized carbons (Fsp3) is 0.111. The van der Waals surface area contributed by atoms with Gasteiger partial charge in [-0.2, -0.15) is 0 Å². The van der Waals surface area contributed by atoms with Crippen molar-refractivity contribution >= 4 is 38.6 Å². The molecule has 3 N–H and O–H groups in total. The predicted molar refractivity (Wildman–Crippen MR) is 98.2 cm³/mol. The van der Waals surface area contributed by atoms with Crippen LogP contribution in [0.1, 0.15) is 26.5 Å². The zero-order valence-electron chi connectivity index (χ0n) is 14.7. The standard InChI is InChI=1S/C18H15NO8S/c1-9-16(18(23)26-2)13-7-10(3-6-15(13)27-9)19-28(24,25)11-4-5-14(20)12(8-11)17(21)22/h3-8,19-20H,1-2H3,(H,21,22). The molecule has 0 radical (unpaired) electrons. The van der Waals surface area contributed by atoms with E-state index < -0.39 is 33.3 Å². The van der Waals surface area contributed by atoms with Gasteiger partial charge in [0, 0.05) is 11.1 Å². The van der Waals surface area contributed by atoms with E-state index in [1.807, 2.05) is 0 Å². The number of benzene rings is 2. The normalized spacial score (nSPS) is 11.4. The van der Waals surface area contributed by atoms with Crippen LogP contribution in [0.5, 0.6) is 5.75 Å². The first-order chi connectivity index (χ1) is 13.1. The number of hydrogen-bond acceptors (Lipinski definition) is 7. The second-order valence-electron chi connectivity index (χ2n) is 5.83. The molecule has 3 aromatic rings. The van der Waals surface area contributed by atoms with E-state index in [9.17, 15) is 23.1 Å². The fourth-order valence-electron chi connectivity index (χ4n) is 2.71. The van der Waals surface area contributed by atoms with E-state index in [4.69, 9.17) is 14.3 Å². The molecule has 0 atom stereocenters. The molecule has 1 aromatic heterocycles. The van der Waals surface area contributed by atoms with Gasteiger partial charge in [0.25, 0.3) is 10.0 Å². The Labute approximate surface area is 159 Å². The molecule has 0 spiro atoms. The summed E-state index contributed by atoms with van der Waals surface area (Å²) < 4.78 is 37.7. The lowest BCUT2D eigenvalue weighted by Gasteiger charge is -2.09. The van der Waals surface area contributed by atoms with Gasteiger partial charge in [-0.25, -0.2) is 18.0 Å². The zero-order chi connectivity index (χ0) is 20.6. The number of furan rings is 1. The highest BCUT2D eigenvalue weighted by atomic mass is 32.2. The fourth-order valence-corrected chi connectivity index (χ4v) is 3.78. The third kappa shape index (κ3) is 3.37. The number of rotatable bonds is 5. The number of carboxylic acids is 1. The van der Waals surface area contributed by atoms with Crippen LogP contribution in [0.15, 0.2) is 45.7 Å². The molecule has 146 valence electrons. The van der Waals surface area contributed by atoms with Crippen LogP contribution in [0.3, 0.4) is 0 Å². The van der Waals surface area contributed by atoms with Gasteiger partial charge in [-0.15, -0.1) is 0 Å². The molecule has 2 aromatic carbocycles. The van der Waals surface area contributed by atoms with Crippen LogP contribution in [-0.4, -0.2) is 37.7 Å². The predicted octanol–water partition coefficient (Wildman–Crippen LogP) is 2.73. The highest BCUT2D eigenvalue weighted by molar-refractivity contribution is 7.92. The Morgan fingerprint density at radius 1 is 1.14 bits per heavy atom. The summed E-state index contributed by atoms with van der Waals surface area (Å²) in [5, 5.41) is 18.9. The Morgan fingerprint density at radius 3 is 2.50 bits per heavy atom. The SMILES string of the molecule is COC(=O)c1c(C)oc2ccc(NS(=O)(=O)c3ccc(O)c(C(=O)O)c3)cc12. The summed E-state index contributed by atoms with van der Waals surface area (Å²) in [7, 11) is -2.94. The van der Waals surface area contributed by atoms with E-state index in [2.05, 4.69) is 4.72 Å². The number of esters is 1. The number of anilines is 1. The van der Waals surface area contributed by atoms with Crippen LogP contribution in [0.4, 0.5) is 5.69 Å². The lowest BCUT2D eigenvalue weighted by Crippen LogP contribution is -2.14. The van der Waals surface area contributed by atoms with Crippen LogP contribution in [-0.2, 0) is 14.8 Å². The Balaban J connectivity index is 2.03. The van der Waals surface area contributed by atoms with Crippen molar-refractivity contribution in [3.63, 3.8) is 0 Å². The van der Waals surface area contributed by atoms with Crippen molar-refractivity contribution in [2.24, 2.45) is 0 Å². The number of hydrogen-bond donors (Lipinski definition) is 3. The number of carbonyl (C=O) groups is 2. The summed E-state index contributed by atoms with van der Waals surface area (Å²) in [6.45, 7) is 1.58. The van der Waals surface area contributed by atoms with E-state index in [1.54, 1.807) is 6.92 Å². The summed E-state index contributed by atoms with van der Waals surface area (Å²) in [5.74, 6) is -2.32. The number of sulfonamides is 1. The number of nitrogens with one attached hydrogen (secondary N) is 1. The molecule has 0 saturated heterocycles. The lowest BCUT2D eigenvalue weighted by molar-refractivity contribution is 0.0599. The zero-order valence-corrected chi connectivity index (χ0v) is 15.5. The van der Waals surface area contributed by atoms with Crippen LogP contribution < -0.4 is 4.72 Å². The molecule has 0 unspecified atom stereocenters. The van der Waals surface area contributed by atoms with E-state index >= 15 is 0 Å². The monoisotopic (exact) mass is 405 g/mol. The van der Waals surface area contributed by atoms with Gasteiger partial charge in [-0.3, -0.25) is 4.72 Å². The average Bonchev–Trinajstić information content (AvgIpc) is 2.95. The average molecular weight is 405 g/mol. The van der Waals surface area contributed by atoms with Gasteiger partial charge in [0.15, 0.2) is 0 Å². The number of aromatic hydroxyl groups is 1. The highest BCUT2D eigenvalue weighted by Crippen LogP contribution is 2.30. The molecule has 0 amide bonds. The first-order valence-electron chi connectivity index (χ1n) is 7.84. The third-order valence-corrected chi connectivity index (χ3v) is 5.39. The Kier molecular flexibility index (Phi) is 4.73. The molecule has 0 saturated carbocycles. The van der Waals surface area contributed by atoms with Gasteiger partial charge in [-0.1, -0.05) is 0 Å². The van der Waals surface area contributed by atoms with Crippen molar-refractivity contribution in [3.8, 4) is 5.75 Å². The number of phenols is 1. The summed E-state index contributed by atoms with van der Waals surface area (Å²) in [6, 6.07) is 7.24. The van der Waals surface area contributed by atoms with Gasteiger partial charge in [0.1, 0.15) is 28.2 Å². The maximum Gasteiger partial charge on any atom is 0.342 e. The summed E-state index contributed by atoms with van der Waals surface area (Å²) in [4.78, 5) is 22.7. The molecule has 3 rings (SSSR count). The van der Waals surface area contributed by atoms with Gasteiger partial charge in [0.2, 0.25) is 0 Å². The largest absolute Gasteiger partial charge is 0.507 e. The lowest BCUT2D eigenvalue weighted by atomic mass is 10.1. The first kappa shape index (κ1) is 19.2. The molecule has 1 heterocycles. The van der Waals surface area contributed by atoms with Gasteiger partial charge < -0.3 is 19.4 Å². The van der Waals surface area contributed by atoms with Crippen molar-refractivity contribution in [1.29, 1.82) is 0 Å². The second kappa shape index (κ2) is 6.89. The summed E-state index contributed by atoms with van der Waals surface area (Å²) in [5.41, 5.74) is 0.134.